The Morgan fingerprint density at radius 2 is 1.54 bits per heavy atom. The van der Waals surface area contributed by atoms with E-state index in [-0.39, 0.29) is 6.42 Å². The van der Waals surface area contributed by atoms with E-state index >= 15 is 0 Å². The number of rotatable bonds is 9. The number of nitrogens with one attached hydrogen (secondary N) is 1. The molecule has 13 heteroatoms. The van der Waals surface area contributed by atoms with Gasteiger partial charge in [-0.3, -0.25) is 19.6 Å². The van der Waals surface area contributed by atoms with Crippen molar-refractivity contribution >= 4 is 33.6 Å². The highest BCUT2D eigenvalue weighted by atomic mass is 19.4. The zero-order valence-corrected chi connectivity index (χ0v) is 27.3. The highest BCUT2D eigenvalue weighted by molar-refractivity contribution is 6.05. The van der Waals surface area contributed by atoms with Crippen LogP contribution in [0, 0.1) is 5.41 Å². The van der Waals surface area contributed by atoms with Gasteiger partial charge in [0, 0.05) is 30.1 Å². The molecule has 6 rings (SSSR count). The largest absolute Gasteiger partial charge is 0.480 e. The summed E-state index contributed by atoms with van der Waals surface area (Å²) in [6.07, 6.45) is -6.59. The predicted molar refractivity (Wildman–Crippen MR) is 177 cm³/mol. The number of aliphatic carboxylic acids is 1. The minimum atomic E-state index is -5.10. The molecule has 266 valence electrons. The van der Waals surface area contributed by atoms with Crippen molar-refractivity contribution in [3.63, 3.8) is 0 Å². The third-order valence-corrected chi connectivity index (χ3v) is 10.0. The first kappa shape index (κ1) is 35.6. The summed E-state index contributed by atoms with van der Waals surface area (Å²) in [5.74, 6) is -3.08. The van der Waals surface area contributed by atoms with Gasteiger partial charge in [0.2, 0.25) is 5.91 Å². The summed E-state index contributed by atoms with van der Waals surface area (Å²) in [6.45, 7) is 0.226. The zero-order chi connectivity index (χ0) is 35.7. The van der Waals surface area contributed by atoms with Gasteiger partial charge in [-0.15, -0.1) is 0 Å². The van der Waals surface area contributed by atoms with Gasteiger partial charge in [0.25, 0.3) is 0 Å². The molecule has 0 unspecified atom stereocenters. The number of hydrogen-bond donors (Lipinski definition) is 2. The van der Waals surface area contributed by atoms with Gasteiger partial charge in [-0.1, -0.05) is 48.9 Å². The minimum absolute atomic E-state index is 0.315. The number of pyridine rings is 1. The molecule has 0 bridgehead atoms. The number of aromatic nitrogens is 1. The topological polar surface area (TPSA) is 85.8 Å². The third kappa shape index (κ3) is 7.58. The second kappa shape index (κ2) is 14.2. The number of piperidine rings is 2. The number of carboxylic acid groups (broad SMARTS) is 1. The summed E-state index contributed by atoms with van der Waals surface area (Å²) in [4.78, 5) is 33.7. The molecule has 50 heavy (non-hydrogen) atoms. The van der Waals surface area contributed by atoms with Gasteiger partial charge in [0.05, 0.1) is 12.1 Å². The van der Waals surface area contributed by atoms with Crippen LogP contribution in [0.25, 0.3) is 32.8 Å². The summed E-state index contributed by atoms with van der Waals surface area (Å²) in [5.41, 5.74) is 1.16. The molecule has 0 spiro atoms. The van der Waals surface area contributed by atoms with Crippen LogP contribution in [0.5, 0.6) is 0 Å². The first-order valence-corrected chi connectivity index (χ1v) is 16.7. The van der Waals surface area contributed by atoms with Crippen LogP contribution in [0.3, 0.4) is 0 Å². The van der Waals surface area contributed by atoms with E-state index in [2.05, 4.69) is 27.3 Å². The van der Waals surface area contributed by atoms with Gasteiger partial charge in [-0.25, -0.2) is 4.79 Å². The molecule has 2 N–H and O–H groups in total. The molecule has 3 aromatic carbocycles. The Balaban J connectivity index is 1.30. The lowest BCUT2D eigenvalue weighted by Crippen LogP contribution is -2.59. The average molecular weight is 701 g/mol. The number of amides is 1. The van der Waals surface area contributed by atoms with Crippen LogP contribution in [0.2, 0.25) is 0 Å². The Morgan fingerprint density at radius 3 is 2.22 bits per heavy atom. The van der Waals surface area contributed by atoms with Crippen LogP contribution in [0.15, 0.2) is 66.9 Å². The van der Waals surface area contributed by atoms with Crippen LogP contribution in [0.4, 0.5) is 26.3 Å². The van der Waals surface area contributed by atoms with E-state index in [9.17, 15) is 41.0 Å². The van der Waals surface area contributed by atoms with E-state index in [1.807, 2.05) is 30.3 Å². The van der Waals surface area contributed by atoms with Crippen LogP contribution in [-0.2, 0) is 22.6 Å². The molecule has 3 heterocycles. The zero-order valence-electron chi connectivity index (χ0n) is 27.3. The fourth-order valence-corrected chi connectivity index (χ4v) is 7.42. The number of hydrogen-bond acceptors (Lipinski definition) is 5. The molecule has 2 aliphatic rings. The first-order valence-electron chi connectivity index (χ1n) is 16.7. The fourth-order valence-electron chi connectivity index (χ4n) is 7.42. The number of likely N-dealkylation sites (tertiary alicyclic amines) is 2. The van der Waals surface area contributed by atoms with E-state index in [1.165, 1.54) is 6.42 Å². The summed E-state index contributed by atoms with van der Waals surface area (Å²) in [5, 5.41) is 14.6. The molecule has 0 saturated carbocycles. The van der Waals surface area contributed by atoms with E-state index < -0.39 is 68.2 Å². The number of carbonyl (C=O) groups excluding carboxylic acids is 1. The van der Waals surface area contributed by atoms with Crippen LogP contribution >= 0.6 is 0 Å². The standard InChI is InChI=1S/C37H38F6N4O3/c38-36(39,40)23-47-17-12-35(13-18-47,37(41,42)43)34(50)45-31(33(48)49)21-25-7-4-10-28-27(25)9-5-11-29(28)30-20-24(22-46-15-2-1-3-16-46)19-26-8-6-14-44-32(26)30/h4-11,14,19-20,31H,1-3,12-13,15-18,21-23H2,(H,45,50)(H,48,49)/t31-/m0/s1. The molecule has 4 aromatic rings. The number of halogens is 6. The van der Waals surface area contributed by atoms with Crippen molar-refractivity contribution < 1.29 is 41.0 Å². The van der Waals surface area contributed by atoms with Gasteiger partial charge in [-0.05, 0) is 97.5 Å². The lowest BCUT2D eigenvalue weighted by atomic mass is 9.76. The van der Waals surface area contributed by atoms with Crippen LogP contribution < -0.4 is 5.32 Å². The molecule has 0 radical (unpaired) electrons. The molecule has 1 amide bonds. The van der Waals surface area contributed by atoms with Gasteiger partial charge in [0.15, 0.2) is 0 Å². The lowest BCUT2D eigenvalue weighted by Gasteiger charge is -2.42. The maximum Gasteiger partial charge on any atom is 0.403 e. The van der Waals surface area contributed by atoms with Gasteiger partial charge >= 0.3 is 18.3 Å². The molecular weight excluding hydrogens is 662 g/mol. The number of fused-ring (bicyclic) bond motifs is 2. The number of carboxylic acids is 1. The van der Waals surface area contributed by atoms with Gasteiger partial charge in [0.1, 0.15) is 11.5 Å². The van der Waals surface area contributed by atoms with Crippen molar-refractivity contribution in [3.8, 4) is 11.1 Å². The molecule has 2 fully saturated rings. The monoisotopic (exact) mass is 700 g/mol. The summed E-state index contributed by atoms with van der Waals surface area (Å²) < 4.78 is 81.9. The normalized spacial score (nSPS) is 18.3. The van der Waals surface area contributed by atoms with Crippen molar-refractivity contribution in [1.82, 2.24) is 20.1 Å². The SMILES string of the molecule is O=C(O)[C@H](Cc1cccc2c(-c3cc(CN4CCCCC4)cc4cccnc34)cccc12)NC(=O)C1(C(F)(F)F)CCN(CC(F)(F)F)CC1. The smallest absolute Gasteiger partial charge is 0.403 e. The number of carbonyl (C=O) groups is 2. The lowest BCUT2D eigenvalue weighted by molar-refractivity contribution is -0.236. The maximum absolute atomic E-state index is 14.4. The summed E-state index contributed by atoms with van der Waals surface area (Å²) in [7, 11) is 0. The first-order chi connectivity index (χ1) is 23.7. The third-order valence-electron chi connectivity index (χ3n) is 10.0. The second-order valence-corrected chi connectivity index (χ2v) is 13.4. The van der Waals surface area contributed by atoms with E-state index in [0.29, 0.717) is 10.9 Å². The fraction of sp³-hybridized carbons (Fsp3) is 0.432. The van der Waals surface area contributed by atoms with Crippen molar-refractivity contribution in [2.75, 3.05) is 32.7 Å². The van der Waals surface area contributed by atoms with Crippen molar-refractivity contribution in [1.29, 1.82) is 0 Å². The molecule has 0 aliphatic carbocycles. The van der Waals surface area contributed by atoms with Gasteiger partial charge < -0.3 is 10.4 Å². The minimum Gasteiger partial charge on any atom is -0.480 e. The number of nitrogens with zero attached hydrogens (tertiary/aromatic N) is 3. The number of alkyl halides is 6. The summed E-state index contributed by atoms with van der Waals surface area (Å²) in [6, 6.07) is 17.3. The highest BCUT2D eigenvalue weighted by Gasteiger charge is 2.61. The average Bonchev–Trinajstić information content (AvgIpc) is 3.07. The second-order valence-electron chi connectivity index (χ2n) is 13.4. The molecular formula is C37H38F6N4O3. The van der Waals surface area contributed by atoms with E-state index in [1.54, 1.807) is 24.4 Å². The molecule has 1 atom stereocenters. The van der Waals surface area contributed by atoms with Gasteiger partial charge in [-0.2, -0.15) is 26.3 Å². The Bertz CT molecular complexity index is 1860. The van der Waals surface area contributed by atoms with E-state index in [4.69, 9.17) is 0 Å². The number of benzene rings is 3. The highest BCUT2D eigenvalue weighted by Crippen LogP contribution is 2.47. The van der Waals surface area contributed by atoms with Crippen LogP contribution in [-0.4, -0.2) is 82.9 Å². The Kier molecular flexibility index (Phi) is 10.1. The molecule has 1 aromatic heterocycles. The van der Waals surface area contributed by atoms with Crippen molar-refractivity contribution in [3.05, 3.63) is 78.0 Å². The molecule has 2 saturated heterocycles. The quantitative estimate of drug-likeness (QED) is 0.178. The Hall–Kier alpha value is -4.23. The molecule has 7 nitrogen and oxygen atoms in total. The summed E-state index contributed by atoms with van der Waals surface area (Å²) >= 11 is 0. The maximum atomic E-state index is 14.4. The Morgan fingerprint density at radius 1 is 0.840 bits per heavy atom. The van der Waals surface area contributed by atoms with E-state index in [0.717, 1.165) is 70.4 Å². The van der Waals surface area contributed by atoms with Crippen LogP contribution in [0.1, 0.15) is 43.2 Å². The van der Waals surface area contributed by atoms with Crippen molar-refractivity contribution in [2.45, 2.75) is 63.5 Å². The predicted octanol–water partition coefficient (Wildman–Crippen LogP) is 7.36. The Labute approximate surface area is 285 Å². The molecule has 2 aliphatic heterocycles. The van der Waals surface area contributed by atoms with Crippen molar-refractivity contribution in [2.24, 2.45) is 5.41 Å².